The van der Waals surface area contributed by atoms with Crippen molar-refractivity contribution in [3.05, 3.63) is 46.9 Å². The highest BCUT2D eigenvalue weighted by molar-refractivity contribution is 6.33. The van der Waals surface area contributed by atoms with E-state index in [0.29, 0.717) is 12.4 Å². The normalized spacial score (nSPS) is 10.1. The van der Waals surface area contributed by atoms with E-state index in [1.807, 2.05) is 0 Å². The summed E-state index contributed by atoms with van der Waals surface area (Å²) < 4.78 is 0. The van der Waals surface area contributed by atoms with E-state index < -0.39 is 5.97 Å². The lowest BCUT2D eigenvalue weighted by molar-refractivity contribution is 0.0697. The van der Waals surface area contributed by atoms with Gasteiger partial charge in [0.2, 0.25) is 0 Å². The molecule has 0 amide bonds. The summed E-state index contributed by atoms with van der Waals surface area (Å²) in [5.74, 6) is -0.674. The number of rotatable bonds is 4. The third-order valence-electron chi connectivity index (χ3n) is 2.16. The number of anilines is 1. The first-order chi connectivity index (χ1) is 8.66. The molecular weight excluding hydrogens is 256 g/mol. The second-order valence-electron chi connectivity index (χ2n) is 3.42. The Morgan fingerprint density at radius 2 is 2.33 bits per heavy atom. The molecule has 2 aromatic rings. The maximum Gasteiger partial charge on any atom is 0.337 e. The molecule has 2 heterocycles. The number of nitrogens with zero attached hydrogens (tertiary/aromatic N) is 3. The Labute approximate surface area is 108 Å². The first-order valence-electron chi connectivity index (χ1n) is 5.06. The number of pyridine rings is 1. The van der Waals surface area contributed by atoms with E-state index in [0.717, 1.165) is 5.69 Å². The largest absolute Gasteiger partial charge is 0.478 e. The third-order valence-corrected chi connectivity index (χ3v) is 2.47. The molecule has 0 unspecified atom stereocenters. The molecule has 6 nitrogen and oxygen atoms in total. The van der Waals surface area contributed by atoms with E-state index in [1.165, 1.54) is 12.3 Å². The van der Waals surface area contributed by atoms with Gasteiger partial charge in [-0.1, -0.05) is 11.6 Å². The molecule has 18 heavy (non-hydrogen) atoms. The molecule has 92 valence electrons. The van der Waals surface area contributed by atoms with E-state index in [-0.39, 0.29) is 10.6 Å². The first-order valence-corrected chi connectivity index (χ1v) is 5.44. The molecule has 0 atom stereocenters. The SMILES string of the molecule is O=C(O)c1cc(NCc2cccnn2)ncc1Cl. The maximum atomic E-state index is 10.9. The van der Waals surface area contributed by atoms with Crippen LogP contribution in [0.5, 0.6) is 0 Å². The van der Waals surface area contributed by atoms with Gasteiger partial charge in [0.15, 0.2) is 0 Å². The van der Waals surface area contributed by atoms with Crippen molar-refractivity contribution in [3.63, 3.8) is 0 Å². The molecule has 2 aromatic heterocycles. The fourth-order valence-corrected chi connectivity index (χ4v) is 1.49. The van der Waals surface area contributed by atoms with Crippen LogP contribution in [0.2, 0.25) is 5.02 Å². The van der Waals surface area contributed by atoms with Crippen LogP contribution < -0.4 is 5.32 Å². The van der Waals surface area contributed by atoms with Crippen molar-refractivity contribution in [2.75, 3.05) is 5.32 Å². The van der Waals surface area contributed by atoms with E-state index in [9.17, 15) is 4.79 Å². The number of aromatic nitrogens is 3. The van der Waals surface area contributed by atoms with Crippen LogP contribution in [0.3, 0.4) is 0 Å². The van der Waals surface area contributed by atoms with Crippen LogP contribution in [-0.4, -0.2) is 26.3 Å². The van der Waals surface area contributed by atoms with Gasteiger partial charge in [-0.3, -0.25) is 0 Å². The minimum Gasteiger partial charge on any atom is -0.478 e. The Hall–Kier alpha value is -2.21. The molecule has 2 N–H and O–H groups in total. The second-order valence-corrected chi connectivity index (χ2v) is 3.83. The van der Waals surface area contributed by atoms with Crippen LogP contribution in [0.4, 0.5) is 5.82 Å². The zero-order valence-corrected chi connectivity index (χ0v) is 9.92. The Balaban J connectivity index is 2.11. The standard InChI is InChI=1S/C11H9ClN4O2/c12-9-6-14-10(4-8(9)11(17)18)13-5-7-2-1-3-15-16-7/h1-4,6H,5H2,(H,13,14)(H,17,18). The van der Waals surface area contributed by atoms with Crippen molar-refractivity contribution in [2.45, 2.75) is 6.54 Å². The lowest BCUT2D eigenvalue weighted by atomic mass is 10.2. The summed E-state index contributed by atoms with van der Waals surface area (Å²) in [7, 11) is 0. The van der Waals surface area contributed by atoms with E-state index in [2.05, 4.69) is 20.5 Å². The predicted octanol–water partition coefficient (Wildman–Crippen LogP) is 1.84. The maximum absolute atomic E-state index is 10.9. The molecule has 0 fully saturated rings. The van der Waals surface area contributed by atoms with Crippen LogP contribution in [0, 0.1) is 0 Å². The lowest BCUT2D eigenvalue weighted by Crippen LogP contribution is -2.06. The zero-order chi connectivity index (χ0) is 13.0. The van der Waals surface area contributed by atoms with Crippen molar-refractivity contribution < 1.29 is 9.90 Å². The van der Waals surface area contributed by atoms with Gasteiger partial charge < -0.3 is 10.4 Å². The van der Waals surface area contributed by atoms with Gasteiger partial charge in [-0.25, -0.2) is 9.78 Å². The van der Waals surface area contributed by atoms with Crippen LogP contribution in [0.1, 0.15) is 16.1 Å². The van der Waals surface area contributed by atoms with Crippen molar-refractivity contribution in [2.24, 2.45) is 0 Å². The number of carboxylic acids is 1. The molecule has 0 aromatic carbocycles. The summed E-state index contributed by atoms with van der Waals surface area (Å²) >= 11 is 5.71. The van der Waals surface area contributed by atoms with Gasteiger partial charge in [0.05, 0.1) is 22.8 Å². The van der Waals surface area contributed by atoms with Gasteiger partial charge in [-0.05, 0) is 18.2 Å². The Kier molecular flexibility index (Phi) is 3.69. The Morgan fingerprint density at radius 1 is 1.50 bits per heavy atom. The molecule has 2 rings (SSSR count). The van der Waals surface area contributed by atoms with Crippen molar-refractivity contribution in [1.82, 2.24) is 15.2 Å². The van der Waals surface area contributed by atoms with E-state index in [4.69, 9.17) is 16.7 Å². The second kappa shape index (κ2) is 5.42. The van der Waals surface area contributed by atoms with Gasteiger partial charge in [-0.15, -0.1) is 0 Å². The topological polar surface area (TPSA) is 88.0 Å². The zero-order valence-electron chi connectivity index (χ0n) is 9.17. The Morgan fingerprint density at radius 3 is 3.00 bits per heavy atom. The molecule has 7 heteroatoms. The molecule has 0 radical (unpaired) electrons. The average Bonchev–Trinajstić information content (AvgIpc) is 2.38. The van der Waals surface area contributed by atoms with Gasteiger partial charge in [0.1, 0.15) is 5.82 Å². The number of carbonyl (C=O) groups is 1. The fourth-order valence-electron chi connectivity index (χ4n) is 1.31. The highest BCUT2D eigenvalue weighted by Gasteiger charge is 2.10. The first kappa shape index (κ1) is 12.3. The molecule has 0 aliphatic carbocycles. The van der Waals surface area contributed by atoms with Gasteiger partial charge in [0.25, 0.3) is 0 Å². The summed E-state index contributed by atoms with van der Waals surface area (Å²) in [5.41, 5.74) is 0.736. The quantitative estimate of drug-likeness (QED) is 0.876. The van der Waals surface area contributed by atoms with E-state index >= 15 is 0 Å². The minimum absolute atomic E-state index is 0.00770. The van der Waals surface area contributed by atoms with Crippen molar-refractivity contribution in [1.29, 1.82) is 0 Å². The summed E-state index contributed by atoms with van der Waals surface area (Å²) in [6.45, 7) is 0.404. The fraction of sp³-hybridized carbons (Fsp3) is 0.0909. The molecule has 0 saturated heterocycles. The molecular formula is C11H9ClN4O2. The number of halogens is 1. The number of nitrogens with one attached hydrogen (secondary N) is 1. The molecule has 0 aliphatic heterocycles. The lowest BCUT2D eigenvalue weighted by Gasteiger charge is -2.06. The summed E-state index contributed by atoms with van der Waals surface area (Å²) in [4.78, 5) is 14.9. The highest BCUT2D eigenvalue weighted by Crippen LogP contribution is 2.18. The summed E-state index contributed by atoms with van der Waals surface area (Å²) in [5, 5.41) is 19.6. The van der Waals surface area contributed by atoms with Gasteiger partial charge in [0, 0.05) is 12.4 Å². The smallest absolute Gasteiger partial charge is 0.337 e. The van der Waals surface area contributed by atoms with Crippen molar-refractivity contribution in [3.8, 4) is 0 Å². The van der Waals surface area contributed by atoms with Gasteiger partial charge in [-0.2, -0.15) is 10.2 Å². The van der Waals surface area contributed by atoms with Crippen LogP contribution in [0.25, 0.3) is 0 Å². The number of hydrogen-bond donors (Lipinski definition) is 2. The number of aromatic carboxylic acids is 1. The van der Waals surface area contributed by atoms with Crippen LogP contribution in [0.15, 0.2) is 30.6 Å². The number of carboxylic acid groups (broad SMARTS) is 1. The average molecular weight is 265 g/mol. The summed E-state index contributed by atoms with van der Waals surface area (Å²) in [6.07, 6.45) is 2.87. The molecule has 0 saturated carbocycles. The number of hydrogen-bond acceptors (Lipinski definition) is 5. The third kappa shape index (κ3) is 2.92. The molecule has 0 aliphatic rings. The summed E-state index contributed by atoms with van der Waals surface area (Å²) in [6, 6.07) is 4.94. The van der Waals surface area contributed by atoms with Gasteiger partial charge >= 0.3 is 5.97 Å². The van der Waals surface area contributed by atoms with Crippen LogP contribution in [-0.2, 0) is 6.54 Å². The predicted molar refractivity (Wildman–Crippen MR) is 65.6 cm³/mol. The minimum atomic E-state index is -1.09. The van der Waals surface area contributed by atoms with Crippen molar-refractivity contribution >= 4 is 23.4 Å². The Bertz CT molecular complexity index is 562. The molecule has 0 bridgehead atoms. The molecule has 0 spiro atoms. The highest BCUT2D eigenvalue weighted by atomic mass is 35.5. The monoisotopic (exact) mass is 264 g/mol. The van der Waals surface area contributed by atoms with E-state index in [1.54, 1.807) is 18.3 Å². The van der Waals surface area contributed by atoms with Crippen LogP contribution >= 0.6 is 11.6 Å².